The third kappa shape index (κ3) is 5.17. The minimum absolute atomic E-state index is 0.00841. The van der Waals surface area contributed by atoms with Crippen LogP contribution >= 0.6 is 0 Å². The summed E-state index contributed by atoms with van der Waals surface area (Å²) in [6.07, 6.45) is 4.55. The van der Waals surface area contributed by atoms with Gasteiger partial charge in [-0.05, 0) is 30.7 Å². The lowest BCUT2D eigenvalue weighted by atomic mass is 10.1. The molecule has 0 aliphatic carbocycles. The van der Waals surface area contributed by atoms with E-state index in [0.29, 0.717) is 23.7 Å². The van der Waals surface area contributed by atoms with Crippen molar-refractivity contribution in [2.45, 2.75) is 38.6 Å². The summed E-state index contributed by atoms with van der Waals surface area (Å²) >= 11 is 0. The number of rotatable bonds is 8. The maximum absolute atomic E-state index is 12.9. The monoisotopic (exact) mass is 319 g/mol. The molecule has 5 nitrogen and oxygen atoms in total. The number of aromatic nitrogens is 1. The molecule has 6 heteroatoms. The van der Waals surface area contributed by atoms with Gasteiger partial charge in [-0.15, -0.1) is 0 Å². The lowest BCUT2D eigenvalue weighted by molar-refractivity contribution is -0.121. The van der Waals surface area contributed by atoms with Gasteiger partial charge in [0.25, 0.3) is 0 Å². The van der Waals surface area contributed by atoms with Crippen LogP contribution in [0, 0.1) is 5.82 Å². The van der Waals surface area contributed by atoms with Gasteiger partial charge in [-0.25, -0.2) is 9.37 Å². The van der Waals surface area contributed by atoms with E-state index < -0.39 is 0 Å². The van der Waals surface area contributed by atoms with Crippen molar-refractivity contribution in [2.24, 2.45) is 5.73 Å². The van der Waals surface area contributed by atoms with Gasteiger partial charge in [0.15, 0.2) is 0 Å². The first kappa shape index (κ1) is 17.1. The second-order valence-corrected chi connectivity index (χ2v) is 5.47. The Morgan fingerprint density at radius 3 is 2.78 bits per heavy atom. The number of carbonyl (C=O) groups excluding carboxylic acids is 1. The van der Waals surface area contributed by atoms with E-state index in [2.05, 4.69) is 17.2 Å². The van der Waals surface area contributed by atoms with E-state index in [1.807, 2.05) is 0 Å². The lowest BCUT2D eigenvalue weighted by Gasteiger charge is -2.15. The molecule has 3 N–H and O–H groups in total. The molecule has 23 heavy (non-hydrogen) atoms. The van der Waals surface area contributed by atoms with Gasteiger partial charge in [0.2, 0.25) is 11.8 Å². The summed E-state index contributed by atoms with van der Waals surface area (Å²) in [5.41, 5.74) is 6.87. The highest BCUT2D eigenvalue weighted by atomic mass is 19.1. The molecule has 0 aliphatic heterocycles. The van der Waals surface area contributed by atoms with E-state index >= 15 is 0 Å². The van der Waals surface area contributed by atoms with Crippen molar-refractivity contribution in [3.05, 3.63) is 42.0 Å². The molecule has 1 atom stereocenters. The standard InChI is InChI=1S/C17H22FN3O2/c1-2-3-4-14(10-19)20-16(22)9-15-11-23-17(21-15)12-5-7-13(18)8-6-12/h5-8,11,14H,2-4,9-10,19H2,1H3,(H,20,22). The Balaban J connectivity index is 1.93. The lowest BCUT2D eigenvalue weighted by Crippen LogP contribution is -2.40. The summed E-state index contributed by atoms with van der Waals surface area (Å²) in [4.78, 5) is 16.3. The third-order valence-corrected chi connectivity index (χ3v) is 3.54. The van der Waals surface area contributed by atoms with E-state index in [9.17, 15) is 9.18 Å². The molecular weight excluding hydrogens is 297 g/mol. The summed E-state index contributed by atoms with van der Waals surface area (Å²) in [7, 11) is 0. The molecule has 0 saturated carbocycles. The molecule has 0 radical (unpaired) electrons. The topological polar surface area (TPSA) is 81.1 Å². The number of nitrogens with zero attached hydrogens (tertiary/aromatic N) is 1. The van der Waals surface area contributed by atoms with Gasteiger partial charge in [0, 0.05) is 18.2 Å². The molecular formula is C17H22FN3O2. The highest BCUT2D eigenvalue weighted by Crippen LogP contribution is 2.19. The van der Waals surface area contributed by atoms with Crippen LogP contribution in [0.25, 0.3) is 11.5 Å². The van der Waals surface area contributed by atoms with E-state index in [1.165, 1.54) is 18.4 Å². The van der Waals surface area contributed by atoms with Gasteiger partial charge in [-0.3, -0.25) is 4.79 Å². The molecule has 0 aliphatic rings. The quantitative estimate of drug-likeness (QED) is 0.784. The molecule has 0 saturated heterocycles. The molecule has 124 valence electrons. The van der Waals surface area contributed by atoms with Crippen LogP contribution in [0.4, 0.5) is 4.39 Å². The predicted molar refractivity (Wildman–Crippen MR) is 86.1 cm³/mol. The highest BCUT2D eigenvalue weighted by molar-refractivity contribution is 5.78. The van der Waals surface area contributed by atoms with E-state index in [4.69, 9.17) is 10.2 Å². The molecule has 2 aromatic rings. The van der Waals surface area contributed by atoms with Gasteiger partial charge in [-0.2, -0.15) is 0 Å². The Hall–Kier alpha value is -2.21. The molecule has 1 aromatic carbocycles. The molecule has 1 heterocycles. The van der Waals surface area contributed by atoms with Crippen molar-refractivity contribution in [1.82, 2.24) is 10.3 Å². The Kier molecular flexibility index (Phi) is 6.29. The van der Waals surface area contributed by atoms with Crippen molar-refractivity contribution in [3.8, 4) is 11.5 Å². The first-order valence-corrected chi connectivity index (χ1v) is 7.82. The number of hydrogen-bond acceptors (Lipinski definition) is 4. The van der Waals surface area contributed by atoms with Gasteiger partial charge < -0.3 is 15.5 Å². The van der Waals surface area contributed by atoms with Crippen LogP contribution in [-0.2, 0) is 11.2 Å². The predicted octanol–water partition coefficient (Wildman–Crippen LogP) is 2.66. The number of amides is 1. The second kappa shape index (κ2) is 8.43. The summed E-state index contributed by atoms with van der Waals surface area (Å²) < 4.78 is 18.3. The van der Waals surface area contributed by atoms with E-state index in [-0.39, 0.29) is 24.2 Å². The first-order valence-electron chi connectivity index (χ1n) is 7.82. The van der Waals surface area contributed by atoms with Crippen molar-refractivity contribution in [1.29, 1.82) is 0 Å². The zero-order valence-electron chi connectivity index (χ0n) is 13.2. The maximum atomic E-state index is 12.9. The summed E-state index contributed by atoms with van der Waals surface area (Å²) in [5.74, 6) is -0.0792. The van der Waals surface area contributed by atoms with Crippen molar-refractivity contribution in [2.75, 3.05) is 6.54 Å². The number of unbranched alkanes of at least 4 members (excludes halogenated alkanes) is 1. The van der Waals surface area contributed by atoms with Gasteiger partial charge >= 0.3 is 0 Å². The molecule has 1 amide bonds. The van der Waals surface area contributed by atoms with Crippen molar-refractivity contribution in [3.63, 3.8) is 0 Å². The van der Waals surface area contributed by atoms with Crippen LogP contribution in [0.3, 0.4) is 0 Å². The SMILES string of the molecule is CCCCC(CN)NC(=O)Cc1coc(-c2ccc(F)cc2)n1. The van der Waals surface area contributed by atoms with Crippen LogP contribution in [0.15, 0.2) is 34.9 Å². The fourth-order valence-electron chi connectivity index (χ4n) is 2.26. The Morgan fingerprint density at radius 2 is 2.13 bits per heavy atom. The summed E-state index contributed by atoms with van der Waals surface area (Å²) in [6, 6.07) is 5.84. The number of nitrogens with two attached hydrogens (primary N) is 1. The Labute approximate surface area is 135 Å². The van der Waals surface area contributed by atoms with Crippen LogP contribution in [0.2, 0.25) is 0 Å². The summed E-state index contributed by atoms with van der Waals surface area (Å²) in [6.45, 7) is 2.52. The van der Waals surface area contributed by atoms with Gasteiger partial charge in [0.1, 0.15) is 12.1 Å². The van der Waals surface area contributed by atoms with Crippen molar-refractivity contribution >= 4 is 5.91 Å². The van der Waals surface area contributed by atoms with Crippen LogP contribution in [-0.4, -0.2) is 23.5 Å². The molecule has 0 bridgehead atoms. The van der Waals surface area contributed by atoms with E-state index in [0.717, 1.165) is 19.3 Å². The van der Waals surface area contributed by atoms with E-state index in [1.54, 1.807) is 12.1 Å². The third-order valence-electron chi connectivity index (χ3n) is 3.54. The Bertz CT molecular complexity index is 625. The summed E-state index contributed by atoms with van der Waals surface area (Å²) in [5, 5.41) is 2.91. The van der Waals surface area contributed by atoms with Gasteiger partial charge in [-0.1, -0.05) is 19.8 Å². The number of benzene rings is 1. The number of oxazole rings is 1. The average Bonchev–Trinajstić information content (AvgIpc) is 3.00. The van der Waals surface area contributed by atoms with Gasteiger partial charge in [0.05, 0.1) is 12.1 Å². The smallest absolute Gasteiger partial charge is 0.226 e. The fraction of sp³-hybridized carbons (Fsp3) is 0.412. The van der Waals surface area contributed by atoms with Crippen molar-refractivity contribution < 1.29 is 13.6 Å². The number of hydrogen-bond donors (Lipinski definition) is 2. The molecule has 1 unspecified atom stereocenters. The maximum Gasteiger partial charge on any atom is 0.226 e. The molecule has 0 fully saturated rings. The fourth-order valence-corrected chi connectivity index (χ4v) is 2.26. The van der Waals surface area contributed by atoms with Crippen LogP contribution in [0.1, 0.15) is 31.9 Å². The number of carbonyl (C=O) groups is 1. The average molecular weight is 319 g/mol. The Morgan fingerprint density at radius 1 is 1.39 bits per heavy atom. The number of nitrogens with one attached hydrogen (secondary N) is 1. The van der Waals surface area contributed by atoms with Crippen LogP contribution in [0.5, 0.6) is 0 Å². The zero-order chi connectivity index (χ0) is 16.7. The minimum Gasteiger partial charge on any atom is -0.444 e. The van der Waals surface area contributed by atoms with Crippen LogP contribution < -0.4 is 11.1 Å². The largest absolute Gasteiger partial charge is 0.444 e. The molecule has 1 aromatic heterocycles. The highest BCUT2D eigenvalue weighted by Gasteiger charge is 2.14. The molecule has 2 rings (SSSR count). The minimum atomic E-state index is -0.320. The zero-order valence-corrected chi connectivity index (χ0v) is 13.2. The second-order valence-electron chi connectivity index (χ2n) is 5.47. The number of halogens is 1. The first-order chi connectivity index (χ1) is 11.1. The molecule has 0 spiro atoms. The normalized spacial score (nSPS) is 12.1.